The number of hydrogen-bond acceptors (Lipinski definition) is 1. The number of allylic oxidation sites excluding steroid dienone is 1. The molecule has 0 unspecified atom stereocenters. The van der Waals surface area contributed by atoms with E-state index in [-0.39, 0.29) is 0 Å². The maximum atomic E-state index is 2.94. The summed E-state index contributed by atoms with van der Waals surface area (Å²) in [5.74, 6) is 0. The molecule has 0 aromatic rings. The zero-order chi connectivity index (χ0) is 16.0. The van der Waals surface area contributed by atoms with Crippen LogP contribution in [0.4, 0.5) is 0 Å². The monoisotopic (exact) mass is 309 g/mol. The van der Waals surface area contributed by atoms with Gasteiger partial charge < -0.3 is 4.57 Å². The summed E-state index contributed by atoms with van der Waals surface area (Å²) in [5.41, 5.74) is 2.42. The Labute approximate surface area is 135 Å². The lowest BCUT2D eigenvalue weighted by molar-refractivity contribution is 0.288. The Kier molecular flexibility index (Phi) is 7.53. The van der Waals surface area contributed by atoms with E-state index in [4.69, 9.17) is 0 Å². The molecule has 1 saturated carbocycles. The van der Waals surface area contributed by atoms with Crippen LogP contribution in [0.3, 0.4) is 0 Å². The number of hydrogen-bond donors (Lipinski definition) is 0. The van der Waals surface area contributed by atoms with E-state index in [1.165, 1.54) is 32.1 Å². The summed E-state index contributed by atoms with van der Waals surface area (Å²) < 4.78 is 2.94. The zero-order valence-electron chi connectivity index (χ0n) is 15.7. The van der Waals surface area contributed by atoms with Gasteiger partial charge in [0.15, 0.2) is 8.24 Å². The van der Waals surface area contributed by atoms with E-state index < -0.39 is 8.24 Å². The minimum absolute atomic E-state index is 0.806. The van der Waals surface area contributed by atoms with Crippen LogP contribution in [0.25, 0.3) is 0 Å². The number of rotatable bonds is 7. The van der Waals surface area contributed by atoms with Gasteiger partial charge in [-0.3, -0.25) is 0 Å². The van der Waals surface area contributed by atoms with Gasteiger partial charge in [-0.25, -0.2) is 0 Å². The van der Waals surface area contributed by atoms with Crippen molar-refractivity contribution in [1.29, 1.82) is 0 Å². The second kappa shape index (κ2) is 8.41. The highest BCUT2D eigenvalue weighted by Gasteiger charge is 2.49. The Bertz CT molecular complexity index is 292. The van der Waals surface area contributed by atoms with E-state index >= 15 is 0 Å². The van der Waals surface area contributed by atoms with Gasteiger partial charge in [-0.15, -0.1) is 0 Å². The molecule has 0 amide bonds. The molecule has 1 rings (SSSR count). The summed E-state index contributed by atoms with van der Waals surface area (Å²) in [5, 5.41) is 0. The molecule has 0 aromatic carbocycles. The molecule has 0 aromatic heterocycles. The molecule has 0 atom stereocenters. The van der Waals surface area contributed by atoms with Crippen LogP contribution in [-0.4, -0.2) is 18.8 Å². The quantitative estimate of drug-likeness (QED) is 0.472. The van der Waals surface area contributed by atoms with Gasteiger partial charge >= 0.3 is 0 Å². The van der Waals surface area contributed by atoms with Crippen molar-refractivity contribution in [3.63, 3.8) is 0 Å². The molecule has 0 aliphatic heterocycles. The molecule has 124 valence electrons. The summed E-state index contributed by atoms with van der Waals surface area (Å²) in [6.07, 6.45) is 13.2. The summed E-state index contributed by atoms with van der Waals surface area (Å²) in [6.45, 7) is 17.2. The van der Waals surface area contributed by atoms with Crippen LogP contribution < -0.4 is 0 Å². The zero-order valence-corrected chi connectivity index (χ0v) is 16.7. The van der Waals surface area contributed by atoms with Crippen molar-refractivity contribution in [2.24, 2.45) is 0 Å². The molecule has 1 nitrogen and oxygen atoms in total. The third kappa shape index (κ3) is 3.94. The highest BCUT2D eigenvalue weighted by Crippen LogP contribution is 2.46. The Morgan fingerprint density at radius 1 is 0.905 bits per heavy atom. The first kappa shape index (κ1) is 18.8. The van der Waals surface area contributed by atoms with Crippen LogP contribution in [0, 0.1) is 0 Å². The van der Waals surface area contributed by atoms with Gasteiger partial charge in [-0.1, -0.05) is 73.8 Å². The first-order valence-electron chi connectivity index (χ1n) is 9.34. The van der Waals surface area contributed by atoms with E-state index in [9.17, 15) is 0 Å². The molecule has 0 heterocycles. The first-order chi connectivity index (χ1) is 9.88. The maximum absolute atomic E-state index is 2.94. The van der Waals surface area contributed by atoms with Crippen molar-refractivity contribution in [2.75, 3.05) is 0 Å². The fourth-order valence-electron chi connectivity index (χ4n) is 5.04. The molecular formula is C19H39NSi. The van der Waals surface area contributed by atoms with Crippen molar-refractivity contribution in [2.45, 2.75) is 110 Å². The molecule has 0 saturated heterocycles. The Balaban J connectivity index is 3.24. The van der Waals surface area contributed by atoms with E-state index in [0.717, 1.165) is 29.1 Å². The topological polar surface area (TPSA) is 3.24 Å². The van der Waals surface area contributed by atoms with Crippen LogP contribution >= 0.6 is 0 Å². The summed E-state index contributed by atoms with van der Waals surface area (Å²) >= 11 is 0. The minimum atomic E-state index is -1.54. The molecular weight excluding hydrogens is 270 g/mol. The van der Waals surface area contributed by atoms with Crippen molar-refractivity contribution in [3.8, 4) is 0 Å². The normalized spacial score (nSPS) is 18.4. The van der Waals surface area contributed by atoms with Gasteiger partial charge in [0.05, 0.1) is 0 Å². The Hall–Kier alpha value is -0.243. The molecule has 0 N–H and O–H groups in total. The van der Waals surface area contributed by atoms with Crippen molar-refractivity contribution >= 4 is 8.24 Å². The lowest BCUT2D eigenvalue weighted by atomic mass is 9.96. The summed E-state index contributed by atoms with van der Waals surface area (Å²) in [7, 11) is -1.54. The lowest BCUT2D eigenvalue weighted by Crippen LogP contribution is -2.61. The smallest absolute Gasteiger partial charge is 0.163 e. The SMILES string of the molecule is CC/C=C/N(C1CCCCC1)[Si](C(C)C)(C(C)C)C(C)C. The van der Waals surface area contributed by atoms with Gasteiger partial charge in [0.1, 0.15) is 0 Å². The molecule has 0 bridgehead atoms. The van der Waals surface area contributed by atoms with Crippen molar-refractivity contribution in [3.05, 3.63) is 12.3 Å². The second-order valence-electron chi connectivity index (χ2n) is 7.84. The standard InChI is InChI=1S/C19H39NSi/c1-8-9-15-20(19-13-11-10-12-14-19)21(16(2)3,17(4)5)18(6)7/h9,15-19H,8,10-14H2,1-7H3/b15-9+. The van der Waals surface area contributed by atoms with Crippen LogP contribution in [0.1, 0.15) is 87.0 Å². The van der Waals surface area contributed by atoms with E-state index in [0.29, 0.717) is 0 Å². The molecule has 21 heavy (non-hydrogen) atoms. The highest BCUT2D eigenvalue weighted by molar-refractivity contribution is 6.81. The predicted octanol–water partition coefficient (Wildman–Crippen LogP) is 6.72. The Morgan fingerprint density at radius 2 is 1.38 bits per heavy atom. The average molecular weight is 310 g/mol. The third-order valence-electron chi connectivity index (χ3n) is 5.69. The third-order valence-corrected chi connectivity index (χ3v) is 12.6. The molecule has 1 aliphatic carbocycles. The highest BCUT2D eigenvalue weighted by atomic mass is 28.3. The van der Waals surface area contributed by atoms with E-state index in [1.807, 2.05) is 0 Å². The van der Waals surface area contributed by atoms with Crippen molar-refractivity contribution < 1.29 is 0 Å². The van der Waals surface area contributed by atoms with Crippen molar-refractivity contribution in [1.82, 2.24) is 4.57 Å². The molecule has 0 radical (unpaired) electrons. The average Bonchev–Trinajstić information content (AvgIpc) is 2.42. The summed E-state index contributed by atoms with van der Waals surface area (Å²) in [4.78, 5) is 0. The maximum Gasteiger partial charge on any atom is 0.163 e. The predicted molar refractivity (Wildman–Crippen MR) is 99.2 cm³/mol. The Morgan fingerprint density at radius 3 is 1.76 bits per heavy atom. The minimum Gasteiger partial charge on any atom is -0.400 e. The van der Waals surface area contributed by atoms with Crippen LogP contribution in [-0.2, 0) is 0 Å². The van der Waals surface area contributed by atoms with Gasteiger partial charge in [0.2, 0.25) is 0 Å². The van der Waals surface area contributed by atoms with E-state index in [2.05, 4.69) is 65.3 Å². The largest absolute Gasteiger partial charge is 0.400 e. The van der Waals surface area contributed by atoms with Crippen LogP contribution in [0.15, 0.2) is 12.3 Å². The molecule has 0 spiro atoms. The van der Waals surface area contributed by atoms with Gasteiger partial charge in [0.25, 0.3) is 0 Å². The summed E-state index contributed by atoms with van der Waals surface area (Å²) in [6, 6.07) is 0.806. The van der Waals surface area contributed by atoms with Gasteiger partial charge in [-0.2, -0.15) is 0 Å². The molecule has 1 aliphatic rings. The lowest BCUT2D eigenvalue weighted by Gasteiger charge is -2.54. The van der Waals surface area contributed by atoms with Crippen LogP contribution in [0.5, 0.6) is 0 Å². The molecule has 2 heteroatoms. The molecule has 1 fully saturated rings. The van der Waals surface area contributed by atoms with E-state index in [1.54, 1.807) is 0 Å². The fraction of sp³-hybridized carbons (Fsp3) is 0.895. The second-order valence-corrected chi connectivity index (χ2v) is 13.6. The van der Waals surface area contributed by atoms with Gasteiger partial charge in [0, 0.05) is 6.04 Å². The van der Waals surface area contributed by atoms with Crippen LogP contribution in [0.2, 0.25) is 16.6 Å². The van der Waals surface area contributed by atoms with Gasteiger partial charge in [-0.05, 0) is 42.1 Å². The first-order valence-corrected chi connectivity index (χ1v) is 11.5. The number of nitrogens with zero attached hydrogens (tertiary/aromatic N) is 1. The fourth-order valence-corrected chi connectivity index (χ4v) is 12.1.